The first-order valence-corrected chi connectivity index (χ1v) is 11.7. The van der Waals surface area contributed by atoms with Gasteiger partial charge < -0.3 is 14.7 Å². The highest BCUT2D eigenvalue weighted by Gasteiger charge is 2.39. The Hall–Kier alpha value is -3.86. The van der Waals surface area contributed by atoms with E-state index < -0.39 is 5.97 Å². The Morgan fingerprint density at radius 2 is 1.62 bits per heavy atom. The number of aryl methyl sites for hydroxylation is 1. The molecule has 0 unspecified atom stereocenters. The fourth-order valence-corrected chi connectivity index (χ4v) is 4.31. The number of hydroxylamine groups is 1. The summed E-state index contributed by atoms with van der Waals surface area (Å²) >= 11 is 0. The minimum Gasteiger partial charge on any atom is -0.624 e. The number of rotatable bonds is 9. The van der Waals surface area contributed by atoms with Gasteiger partial charge in [0.15, 0.2) is 0 Å². The van der Waals surface area contributed by atoms with Crippen LogP contribution in [0.1, 0.15) is 42.0 Å². The van der Waals surface area contributed by atoms with Gasteiger partial charge in [0.2, 0.25) is 5.71 Å². The van der Waals surface area contributed by atoms with Crippen molar-refractivity contribution < 1.29 is 19.0 Å². The number of hydrogen-bond acceptors (Lipinski definition) is 4. The van der Waals surface area contributed by atoms with Crippen molar-refractivity contribution in [3.8, 4) is 5.75 Å². The highest BCUT2D eigenvalue weighted by Crippen LogP contribution is 2.40. The molecule has 0 heterocycles. The molecule has 1 aliphatic carbocycles. The Bertz CT molecular complexity index is 1210. The lowest BCUT2D eigenvalue weighted by Crippen LogP contribution is -2.21. The molecule has 0 saturated carbocycles. The number of ether oxygens (including phenoxy) is 2. The molecule has 4 rings (SSSR count). The van der Waals surface area contributed by atoms with Crippen LogP contribution >= 0.6 is 0 Å². The third kappa shape index (κ3) is 5.04. The number of fused-ring (bicyclic) bond motifs is 1. The second-order valence-electron chi connectivity index (χ2n) is 8.18. The van der Waals surface area contributed by atoms with Gasteiger partial charge in [0.05, 0.1) is 18.8 Å². The predicted molar refractivity (Wildman–Crippen MR) is 134 cm³/mol. The van der Waals surface area contributed by atoms with Crippen molar-refractivity contribution in [1.82, 2.24) is 0 Å². The highest BCUT2D eigenvalue weighted by molar-refractivity contribution is 6.35. The second-order valence-corrected chi connectivity index (χ2v) is 8.18. The standard InChI is InChI=1S/C29H29NO4/c1-3-33-29(31)27-26(22-15-8-5-9-16-22)24-18-17-23(20-25(24)28(27)30(2)32)34-19-11-10-14-21-12-6-4-7-13-21/h4-9,12-13,15-18,20H,3,10-11,14,19H2,1-2H3/b30-28+. The van der Waals surface area contributed by atoms with Crippen LogP contribution in [-0.2, 0) is 16.0 Å². The fraction of sp³-hybridized carbons (Fsp3) is 0.241. The number of hydrogen-bond donors (Lipinski definition) is 0. The summed E-state index contributed by atoms with van der Waals surface area (Å²) in [6.07, 6.45) is 2.97. The maximum atomic E-state index is 13.0. The summed E-state index contributed by atoms with van der Waals surface area (Å²) in [6.45, 7) is 2.57. The Balaban J connectivity index is 1.57. The van der Waals surface area contributed by atoms with E-state index in [1.807, 2.05) is 54.6 Å². The summed E-state index contributed by atoms with van der Waals surface area (Å²) in [6, 6.07) is 25.7. The number of carbonyl (C=O) groups excluding carboxylic acids is 1. The first-order chi connectivity index (χ1) is 16.6. The van der Waals surface area contributed by atoms with Crippen molar-refractivity contribution in [2.75, 3.05) is 20.3 Å². The normalized spacial score (nSPS) is 14.1. The first kappa shape index (κ1) is 23.3. The summed E-state index contributed by atoms with van der Waals surface area (Å²) in [4.78, 5) is 13.0. The van der Waals surface area contributed by atoms with E-state index in [2.05, 4.69) is 24.3 Å². The lowest BCUT2D eigenvalue weighted by molar-refractivity contribution is -0.421. The lowest BCUT2D eigenvalue weighted by Gasteiger charge is -2.10. The zero-order chi connectivity index (χ0) is 23.9. The van der Waals surface area contributed by atoms with Crippen LogP contribution in [0.25, 0.3) is 5.57 Å². The molecule has 1 aliphatic rings. The number of esters is 1. The molecular formula is C29H29NO4. The Morgan fingerprint density at radius 1 is 0.912 bits per heavy atom. The smallest absolute Gasteiger partial charge is 0.345 e. The van der Waals surface area contributed by atoms with Crippen LogP contribution < -0.4 is 4.74 Å². The molecular weight excluding hydrogens is 426 g/mol. The highest BCUT2D eigenvalue weighted by atomic mass is 16.5. The van der Waals surface area contributed by atoms with E-state index in [1.54, 1.807) is 6.92 Å². The van der Waals surface area contributed by atoms with E-state index in [9.17, 15) is 10.0 Å². The molecule has 3 aromatic rings. The van der Waals surface area contributed by atoms with Crippen LogP contribution in [-0.4, -0.2) is 36.7 Å². The van der Waals surface area contributed by atoms with E-state index in [1.165, 1.54) is 12.6 Å². The molecule has 0 atom stereocenters. The average molecular weight is 456 g/mol. The van der Waals surface area contributed by atoms with Gasteiger partial charge in [-0.05, 0) is 61.1 Å². The molecule has 0 N–H and O–H groups in total. The van der Waals surface area contributed by atoms with Crippen molar-refractivity contribution in [2.24, 2.45) is 0 Å². The summed E-state index contributed by atoms with van der Waals surface area (Å²) in [5.74, 6) is 0.175. The molecule has 34 heavy (non-hydrogen) atoms. The van der Waals surface area contributed by atoms with Crippen molar-refractivity contribution in [3.63, 3.8) is 0 Å². The summed E-state index contributed by atoms with van der Waals surface area (Å²) < 4.78 is 12.1. The van der Waals surface area contributed by atoms with Crippen molar-refractivity contribution in [2.45, 2.75) is 26.2 Å². The molecule has 174 valence electrons. The van der Waals surface area contributed by atoms with Gasteiger partial charge in [0.1, 0.15) is 18.4 Å². The van der Waals surface area contributed by atoms with Gasteiger partial charge in [-0.2, -0.15) is 0 Å². The van der Waals surface area contributed by atoms with E-state index in [0.717, 1.165) is 35.1 Å². The molecule has 0 bridgehead atoms. The number of benzene rings is 3. The first-order valence-electron chi connectivity index (χ1n) is 11.7. The number of nitrogens with zero attached hydrogens (tertiary/aromatic N) is 1. The molecule has 0 radical (unpaired) electrons. The summed E-state index contributed by atoms with van der Waals surface area (Å²) in [5, 5.41) is 12.6. The zero-order valence-electron chi connectivity index (χ0n) is 19.6. The van der Waals surface area contributed by atoms with Gasteiger partial charge in [-0.3, -0.25) is 0 Å². The maximum Gasteiger partial charge on any atom is 0.345 e. The van der Waals surface area contributed by atoms with E-state index in [-0.39, 0.29) is 6.61 Å². The topological polar surface area (TPSA) is 61.6 Å². The van der Waals surface area contributed by atoms with Gasteiger partial charge >= 0.3 is 5.97 Å². The van der Waals surface area contributed by atoms with Crippen molar-refractivity contribution in [1.29, 1.82) is 0 Å². The van der Waals surface area contributed by atoms with Crippen LogP contribution in [0, 0.1) is 5.21 Å². The Morgan fingerprint density at radius 3 is 2.29 bits per heavy atom. The zero-order valence-corrected chi connectivity index (χ0v) is 19.6. The maximum absolute atomic E-state index is 13.0. The molecule has 0 aliphatic heterocycles. The Labute approximate surface area is 200 Å². The van der Waals surface area contributed by atoms with Crippen LogP contribution in [0.2, 0.25) is 0 Å². The summed E-state index contributed by atoms with van der Waals surface area (Å²) in [7, 11) is 1.41. The fourth-order valence-electron chi connectivity index (χ4n) is 4.31. The average Bonchev–Trinajstić information content (AvgIpc) is 3.20. The Kier molecular flexibility index (Phi) is 7.43. The third-order valence-corrected chi connectivity index (χ3v) is 5.83. The molecule has 0 spiro atoms. The molecule has 0 aromatic heterocycles. The molecule has 0 amide bonds. The van der Waals surface area contributed by atoms with E-state index >= 15 is 0 Å². The van der Waals surface area contributed by atoms with Gasteiger partial charge in [0.25, 0.3) is 0 Å². The summed E-state index contributed by atoms with van der Waals surface area (Å²) in [5.41, 5.74) is 5.00. The predicted octanol–water partition coefficient (Wildman–Crippen LogP) is 5.40. The molecule has 5 nitrogen and oxygen atoms in total. The number of carbonyl (C=O) groups is 1. The minimum absolute atomic E-state index is 0.230. The molecule has 5 heteroatoms. The number of unbranched alkanes of at least 4 members (excludes halogenated alkanes) is 1. The SMILES string of the molecule is CCOC(=O)C1=C(c2ccccc2)c2ccc(OCCCCc3ccccc3)cc2/C1=[N+](/C)[O-]. The molecule has 0 saturated heterocycles. The van der Waals surface area contributed by atoms with Gasteiger partial charge in [0, 0.05) is 5.57 Å². The largest absolute Gasteiger partial charge is 0.624 e. The van der Waals surface area contributed by atoms with Crippen LogP contribution in [0.3, 0.4) is 0 Å². The quantitative estimate of drug-likeness (QED) is 0.143. The van der Waals surface area contributed by atoms with E-state index in [0.29, 0.717) is 34.8 Å². The van der Waals surface area contributed by atoms with Crippen LogP contribution in [0.5, 0.6) is 5.75 Å². The molecule has 3 aromatic carbocycles. The van der Waals surface area contributed by atoms with Gasteiger partial charge in [-0.25, -0.2) is 9.53 Å². The van der Waals surface area contributed by atoms with Gasteiger partial charge in [-0.1, -0.05) is 60.7 Å². The van der Waals surface area contributed by atoms with Crippen LogP contribution in [0.15, 0.2) is 84.4 Å². The van der Waals surface area contributed by atoms with Crippen molar-refractivity contribution in [3.05, 3.63) is 112 Å². The monoisotopic (exact) mass is 455 g/mol. The van der Waals surface area contributed by atoms with E-state index in [4.69, 9.17) is 9.47 Å². The van der Waals surface area contributed by atoms with Crippen LogP contribution in [0.4, 0.5) is 0 Å². The van der Waals surface area contributed by atoms with Crippen molar-refractivity contribution >= 4 is 17.3 Å². The molecule has 0 fully saturated rings. The van der Waals surface area contributed by atoms with Gasteiger partial charge in [-0.15, -0.1) is 0 Å². The second kappa shape index (κ2) is 10.8. The lowest BCUT2D eigenvalue weighted by atomic mass is 9.97. The third-order valence-electron chi connectivity index (χ3n) is 5.83. The minimum atomic E-state index is -0.501.